The maximum absolute atomic E-state index is 14.8. The van der Waals surface area contributed by atoms with Crippen molar-refractivity contribution in [3.63, 3.8) is 0 Å². The number of amides is 4. The zero-order chi connectivity index (χ0) is 29.3. The lowest BCUT2D eigenvalue weighted by molar-refractivity contribution is -0.126. The van der Waals surface area contributed by atoms with Crippen molar-refractivity contribution in [2.45, 2.75) is 51.6 Å². The number of aryl methyl sites for hydroxylation is 2. The number of nitrogens with zero attached hydrogens (tertiary/aromatic N) is 5. The van der Waals surface area contributed by atoms with Crippen molar-refractivity contribution in [1.29, 1.82) is 0 Å². The summed E-state index contributed by atoms with van der Waals surface area (Å²) < 4.78 is 18.1. The van der Waals surface area contributed by atoms with Crippen LogP contribution >= 0.6 is 0 Å². The molecule has 0 unspecified atom stereocenters. The molecule has 5 rings (SSSR count). The van der Waals surface area contributed by atoms with Crippen molar-refractivity contribution in [3.8, 4) is 0 Å². The van der Waals surface area contributed by atoms with E-state index in [2.05, 4.69) is 15.7 Å². The number of hydrogen-bond acceptors (Lipinski definition) is 5. The number of hydrogen-bond donors (Lipinski definition) is 2. The molecule has 2 bridgehead atoms. The Bertz CT molecular complexity index is 1480. The monoisotopic (exact) mass is 565 g/mol. The van der Waals surface area contributed by atoms with Crippen LogP contribution in [0.25, 0.3) is 5.65 Å². The fourth-order valence-electron chi connectivity index (χ4n) is 5.61. The normalized spacial score (nSPS) is 21.1. The number of aromatic nitrogens is 3. The van der Waals surface area contributed by atoms with Gasteiger partial charge in [-0.25, -0.2) is 8.91 Å². The van der Waals surface area contributed by atoms with Gasteiger partial charge in [0.05, 0.1) is 18.3 Å². The summed E-state index contributed by atoms with van der Waals surface area (Å²) in [6.07, 6.45) is 7.17. The predicted octanol–water partition coefficient (Wildman–Crippen LogP) is 1.76. The van der Waals surface area contributed by atoms with Gasteiger partial charge in [-0.15, -0.1) is 0 Å². The third-order valence-electron chi connectivity index (χ3n) is 7.98. The van der Waals surface area contributed by atoms with Crippen LogP contribution < -0.4 is 10.6 Å². The second-order valence-electron chi connectivity index (χ2n) is 11.2. The zero-order valence-electron chi connectivity index (χ0n) is 23.6. The maximum atomic E-state index is 14.8. The Hall–Kier alpha value is -4.22. The van der Waals surface area contributed by atoms with E-state index in [0.29, 0.717) is 50.0 Å². The molecule has 1 fully saturated rings. The van der Waals surface area contributed by atoms with Gasteiger partial charge in [-0.2, -0.15) is 5.10 Å². The van der Waals surface area contributed by atoms with Gasteiger partial charge in [0.25, 0.3) is 11.8 Å². The van der Waals surface area contributed by atoms with Gasteiger partial charge >= 0.3 is 0 Å². The predicted molar refractivity (Wildman–Crippen MR) is 149 cm³/mol. The van der Waals surface area contributed by atoms with E-state index < -0.39 is 23.8 Å². The molecule has 1 aromatic carbocycles. The molecule has 2 aliphatic heterocycles. The first-order valence-electron chi connectivity index (χ1n) is 14.1. The Morgan fingerprint density at radius 1 is 1.15 bits per heavy atom. The molecule has 0 aliphatic carbocycles. The third kappa shape index (κ3) is 5.82. The summed E-state index contributed by atoms with van der Waals surface area (Å²) in [6, 6.07) is 3.18. The van der Waals surface area contributed by atoms with Crippen molar-refractivity contribution in [1.82, 2.24) is 34.6 Å². The quantitative estimate of drug-likeness (QED) is 0.491. The maximum Gasteiger partial charge on any atom is 0.259 e. The minimum absolute atomic E-state index is 0.0547. The molecule has 3 aromatic rings. The van der Waals surface area contributed by atoms with Gasteiger partial charge in [0.15, 0.2) is 0 Å². The lowest BCUT2D eigenvalue weighted by atomic mass is 10.0. The molecule has 4 heterocycles. The van der Waals surface area contributed by atoms with Crippen molar-refractivity contribution >= 4 is 29.3 Å². The number of fused-ring (bicyclic) bond motifs is 4. The topological polar surface area (TPSA) is 121 Å². The lowest BCUT2D eigenvalue weighted by Crippen LogP contribution is -2.54. The van der Waals surface area contributed by atoms with E-state index in [9.17, 15) is 23.6 Å². The molecule has 2 aliphatic rings. The molecule has 0 spiro atoms. The molecular formula is C29H36FN7O4. The Morgan fingerprint density at radius 2 is 1.95 bits per heavy atom. The molecule has 2 aromatic heterocycles. The molecular weight excluding hydrogens is 529 g/mol. The first-order valence-corrected chi connectivity index (χ1v) is 14.1. The van der Waals surface area contributed by atoms with Crippen LogP contribution in [0, 0.1) is 11.7 Å². The van der Waals surface area contributed by atoms with Crippen LogP contribution in [0.5, 0.6) is 0 Å². The van der Waals surface area contributed by atoms with E-state index in [1.165, 1.54) is 22.1 Å². The van der Waals surface area contributed by atoms with Crippen LogP contribution in [-0.4, -0.2) is 85.9 Å². The molecule has 41 heavy (non-hydrogen) atoms. The fraction of sp³-hybridized carbons (Fsp3) is 0.483. The van der Waals surface area contributed by atoms with E-state index in [1.807, 2.05) is 20.9 Å². The molecule has 0 radical (unpaired) electrons. The van der Waals surface area contributed by atoms with Gasteiger partial charge in [-0.05, 0) is 49.3 Å². The summed E-state index contributed by atoms with van der Waals surface area (Å²) in [5.41, 5.74) is 1.65. The van der Waals surface area contributed by atoms with Crippen molar-refractivity contribution in [2.75, 3.05) is 26.2 Å². The van der Waals surface area contributed by atoms with Crippen LogP contribution in [0.2, 0.25) is 0 Å². The first-order chi connectivity index (χ1) is 19.6. The Balaban J connectivity index is 1.47. The molecule has 218 valence electrons. The van der Waals surface area contributed by atoms with Crippen molar-refractivity contribution < 1.29 is 23.6 Å². The highest BCUT2D eigenvalue weighted by Gasteiger charge is 2.37. The Morgan fingerprint density at radius 3 is 2.73 bits per heavy atom. The molecule has 0 saturated carbocycles. The summed E-state index contributed by atoms with van der Waals surface area (Å²) in [6.45, 7) is 4.41. The van der Waals surface area contributed by atoms with Crippen LogP contribution in [0.4, 0.5) is 4.39 Å². The number of carbonyl (C=O) groups excluding carboxylic acids is 4. The van der Waals surface area contributed by atoms with Gasteiger partial charge in [-0.1, -0.05) is 19.9 Å². The summed E-state index contributed by atoms with van der Waals surface area (Å²) in [4.78, 5) is 56.8. The molecule has 1 saturated heterocycles. The molecule has 12 heteroatoms. The van der Waals surface area contributed by atoms with Crippen LogP contribution in [0.1, 0.15) is 59.4 Å². The minimum atomic E-state index is -0.756. The number of benzene rings is 1. The van der Waals surface area contributed by atoms with Gasteiger partial charge in [0.1, 0.15) is 23.1 Å². The summed E-state index contributed by atoms with van der Waals surface area (Å²) in [7, 11) is 1.81. The Kier molecular flexibility index (Phi) is 8.09. The van der Waals surface area contributed by atoms with Gasteiger partial charge in [0.2, 0.25) is 11.8 Å². The highest BCUT2D eigenvalue weighted by atomic mass is 19.1. The SMILES string of the molecule is CC(C)[C@@H]1CN(C(=O)c2cnn3ccn(C)c23)CC(=O)NCCCc2ccc(F)c(c2)C(=O)N2CCC[C@H]2C(=O)N1. The molecule has 2 N–H and O–H groups in total. The summed E-state index contributed by atoms with van der Waals surface area (Å²) in [5.74, 6) is -2.30. The van der Waals surface area contributed by atoms with Crippen LogP contribution in [-0.2, 0) is 23.1 Å². The number of carbonyl (C=O) groups is 4. The van der Waals surface area contributed by atoms with Crippen molar-refractivity contribution in [2.24, 2.45) is 13.0 Å². The van der Waals surface area contributed by atoms with Gasteiger partial charge in [-0.3, -0.25) is 19.2 Å². The first kappa shape index (κ1) is 28.3. The highest BCUT2D eigenvalue weighted by molar-refractivity contribution is 6.01. The number of rotatable bonds is 2. The lowest BCUT2D eigenvalue weighted by Gasteiger charge is -2.32. The van der Waals surface area contributed by atoms with E-state index in [-0.39, 0.29) is 42.3 Å². The van der Waals surface area contributed by atoms with Crippen molar-refractivity contribution in [3.05, 3.63) is 59.3 Å². The smallest absolute Gasteiger partial charge is 0.259 e. The minimum Gasteiger partial charge on any atom is -0.355 e. The molecule has 2 atom stereocenters. The van der Waals surface area contributed by atoms with E-state index in [0.717, 1.165) is 5.56 Å². The van der Waals surface area contributed by atoms with Crippen LogP contribution in [0.15, 0.2) is 36.8 Å². The highest BCUT2D eigenvalue weighted by Crippen LogP contribution is 2.24. The van der Waals surface area contributed by atoms with E-state index >= 15 is 0 Å². The summed E-state index contributed by atoms with van der Waals surface area (Å²) >= 11 is 0. The second-order valence-corrected chi connectivity index (χ2v) is 11.2. The average molecular weight is 566 g/mol. The Labute approximate surface area is 237 Å². The second kappa shape index (κ2) is 11.7. The van der Waals surface area contributed by atoms with Gasteiger partial charge < -0.3 is 25.0 Å². The number of imidazole rings is 1. The number of halogens is 1. The standard InChI is InChI=1S/C29H36FN7O4/c1-18(2)23-16-35(28(40)21-15-32-37-13-12-34(3)27(21)37)17-25(38)31-10-4-6-19-8-9-22(30)20(14-19)29(41)36-11-5-7-24(36)26(39)33-23/h8-9,12-15,18,23-24H,4-7,10-11,16-17H2,1-3H3,(H,31,38)(H,33,39)/t23-,24-/m0/s1. The third-order valence-corrected chi connectivity index (χ3v) is 7.98. The average Bonchev–Trinajstić information content (AvgIpc) is 3.68. The molecule has 4 amide bonds. The van der Waals surface area contributed by atoms with E-state index in [4.69, 9.17) is 0 Å². The van der Waals surface area contributed by atoms with Gasteiger partial charge in [0, 0.05) is 45.1 Å². The summed E-state index contributed by atoms with van der Waals surface area (Å²) in [5, 5.41) is 10.2. The molecule has 11 nitrogen and oxygen atoms in total. The van der Waals surface area contributed by atoms with Crippen LogP contribution in [0.3, 0.4) is 0 Å². The fourth-order valence-corrected chi connectivity index (χ4v) is 5.61. The number of nitrogens with one attached hydrogen (secondary N) is 2. The van der Waals surface area contributed by atoms with E-state index in [1.54, 1.807) is 33.6 Å². The zero-order valence-corrected chi connectivity index (χ0v) is 23.6. The largest absolute Gasteiger partial charge is 0.355 e.